The van der Waals surface area contributed by atoms with Gasteiger partial charge in [-0.3, -0.25) is 4.98 Å². The zero-order valence-corrected chi connectivity index (χ0v) is 10.1. The van der Waals surface area contributed by atoms with Gasteiger partial charge < -0.3 is 10.5 Å². The molecule has 1 aromatic carbocycles. The highest BCUT2D eigenvalue weighted by Gasteiger charge is 2.05. The van der Waals surface area contributed by atoms with Crippen molar-refractivity contribution in [3.8, 4) is 11.6 Å². The molecular formula is C12H12ClN3O. The summed E-state index contributed by atoms with van der Waals surface area (Å²) in [5.74, 6) is 1.10. The fourth-order valence-electron chi connectivity index (χ4n) is 1.36. The Hall–Kier alpha value is -1.65. The van der Waals surface area contributed by atoms with E-state index in [1.54, 1.807) is 18.5 Å². The molecule has 0 atom stereocenters. The lowest BCUT2D eigenvalue weighted by molar-refractivity contribution is 0.455. The Morgan fingerprint density at radius 3 is 2.71 bits per heavy atom. The molecule has 0 spiro atoms. The van der Waals surface area contributed by atoms with Gasteiger partial charge in [-0.05, 0) is 24.6 Å². The highest BCUT2D eigenvalue weighted by molar-refractivity contribution is 6.31. The van der Waals surface area contributed by atoms with Crippen molar-refractivity contribution < 1.29 is 4.74 Å². The third-order valence-electron chi connectivity index (χ3n) is 2.30. The zero-order chi connectivity index (χ0) is 12.3. The smallest absolute Gasteiger partial charge is 0.240 e. The summed E-state index contributed by atoms with van der Waals surface area (Å²) in [6.45, 7) is 2.24. The molecular weight excluding hydrogens is 238 g/mol. The number of aromatic nitrogens is 2. The number of hydrogen-bond acceptors (Lipinski definition) is 4. The highest BCUT2D eigenvalue weighted by atomic mass is 35.5. The van der Waals surface area contributed by atoms with Crippen LogP contribution in [0.25, 0.3) is 0 Å². The van der Waals surface area contributed by atoms with Gasteiger partial charge in [0.2, 0.25) is 5.88 Å². The number of nitrogens with two attached hydrogens (primary N) is 1. The standard InChI is InChI=1S/C12H12ClN3O/c1-8-12(16-5-4-15-8)17-10-3-2-9(7-14)11(13)6-10/h2-6H,7,14H2,1H3. The van der Waals surface area contributed by atoms with Crippen LogP contribution in [0.3, 0.4) is 0 Å². The lowest BCUT2D eigenvalue weighted by Gasteiger charge is -2.08. The third-order valence-corrected chi connectivity index (χ3v) is 2.65. The molecule has 2 N–H and O–H groups in total. The molecule has 5 heteroatoms. The molecule has 0 aliphatic carbocycles. The summed E-state index contributed by atoms with van der Waals surface area (Å²) in [7, 11) is 0. The monoisotopic (exact) mass is 249 g/mol. The average molecular weight is 250 g/mol. The van der Waals surface area contributed by atoms with Crippen LogP contribution in [0.15, 0.2) is 30.6 Å². The Labute approximate surface area is 104 Å². The van der Waals surface area contributed by atoms with Crippen molar-refractivity contribution in [2.45, 2.75) is 13.5 Å². The lowest BCUT2D eigenvalue weighted by Crippen LogP contribution is -1.98. The first-order valence-electron chi connectivity index (χ1n) is 5.14. The van der Waals surface area contributed by atoms with Crippen molar-refractivity contribution in [2.75, 3.05) is 0 Å². The van der Waals surface area contributed by atoms with E-state index in [1.165, 1.54) is 0 Å². The fraction of sp³-hybridized carbons (Fsp3) is 0.167. The van der Waals surface area contributed by atoms with Gasteiger partial charge in [-0.2, -0.15) is 0 Å². The summed E-state index contributed by atoms with van der Waals surface area (Å²) in [5.41, 5.74) is 7.14. The molecule has 0 aliphatic heterocycles. The zero-order valence-electron chi connectivity index (χ0n) is 9.35. The van der Waals surface area contributed by atoms with Gasteiger partial charge in [-0.1, -0.05) is 17.7 Å². The quantitative estimate of drug-likeness (QED) is 0.909. The summed E-state index contributed by atoms with van der Waals surface area (Å²) in [6.07, 6.45) is 3.20. The van der Waals surface area contributed by atoms with Gasteiger partial charge in [0.1, 0.15) is 5.75 Å². The highest BCUT2D eigenvalue weighted by Crippen LogP contribution is 2.26. The first-order chi connectivity index (χ1) is 8.20. The van der Waals surface area contributed by atoms with Crippen LogP contribution in [0, 0.1) is 6.92 Å². The van der Waals surface area contributed by atoms with Crippen LogP contribution in [0.1, 0.15) is 11.3 Å². The van der Waals surface area contributed by atoms with Crippen LogP contribution >= 0.6 is 11.6 Å². The van der Waals surface area contributed by atoms with E-state index in [0.717, 1.165) is 11.3 Å². The number of rotatable bonds is 3. The molecule has 88 valence electrons. The Morgan fingerprint density at radius 2 is 2.06 bits per heavy atom. The summed E-state index contributed by atoms with van der Waals surface area (Å²) < 4.78 is 5.59. The van der Waals surface area contributed by atoms with E-state index in [0.29, 0.717) is 23.2 Å². The maximum absolute atomic E-state index is 6.04. The second kappa shape index (κ2) is 5.12. The normalized spacial score (nSPS) is 10.3. The van der Waals surface area contributed by atoms with Crippen LogP contribution in [-0.4, -0.2) is 9.97 Å². The molecule has 0 radical (unpaired) electrons. The Bertz CT molecular complexity index is 531. The number of benzene rings is 1. The van der Waals surface area contributed by atoms with E-state index in [9.17, 15) is 0 Å². The molecule has 0 bridgehead atoms. The van der Waals surface area contributed by atoms with E-state index in [1.807, 2.05) is 19.1 Å². The number of ether oxygens (including phenoxy) is 1. The van der Waals surface area contributed by atoms with Gasteiger partial charge in [0.15, 0.2) is 0 Å². The SMILES string of the molecule is Cc1nccnc1Oc1ccc(CN)c(Cl)c1. The fourth-order valence-corrected chi connectivity index (χ4v) is 1.61. The van der Waals surface area contributed by atoms with Gasteiger partial charge in [0.25, 0.3) is 0 Å². The van der Waals surface area contributed by atoms with Gasteiger partial charge in [0.05, 0.1) is 5.69 Å². The summed E-state index contributed by atoms with van der Waals surface area (Å²) >= 11 is 6.04. The van der Waals surface area contributed by atoms with Crippen molar-refractivity contribution in [3.05, 3.63) is 46.9 Å². The largest absolute Gasteiger partial charge is 0.437 e. The Morgan fingerprint density at radius 1 is 1.29 bits per heavy atom. The molecule has 2 rings (SSSR count). The Balaban J connectivity index is 2.25. The van der Waals surface area contributed by atoms with Crippen LogP contribution in [-0.2, 0) is 6.54 Å². The second-order valence-corrected chi connectivity index (χ2v) is 3.91. The predicted octanol–water partition coefficient (Wildman–Crippen LogP) is 2.69. The maximum atomic E-state index is 6.04. The molecule has 0 amide bonds. The summed E-state index contributed by atoms with van der Waals surface area (Å²) in [6, 6.07) is 5.36. The molecule has 1 heterocycles. The van der Waals surface area contributed by atoms with E-state index in [-0.39, 0.29) is 0 Å². The van der Waals surface area contributed by atoms with Crippen molar-refractivity contribution in [3.63, 3.8) is 0 Å². The van der Waals surface area contributed by atoms with Crippen molar-refractivity contribution in [1.29, 1.82) is 0 Å². The van der Waals surface area contributed by atoms with Crippen molar-refractivity contribution in [1.82, 2.24) is 9.97 Å². The van der Waals surface area contributed by atoms with E-state index < -0.39 is 0 Å². The molecule has 2 aromatic rings. The first kappa shape index (κ1) is 11.8. The third kappa shape index (κ3) is 2.72. The van der Waals surface area contributed by atoms with Gasteiger partial charge in [-0.15, -0.1) is 0 Å². The lowest BCUT2D eigenvalue weighted by atomic mass is 10.2. The molecule has 0 saturated heterocycles. The average Bonchev–Trinajstić information content (AvgIpc) is 2.32. The first-order valence-corrected chi connectivity index (χ1v) is 5.52. The van der Waals surface area contributed by atoms with Gasteiger partial charge in [-0.25, -0.2) is 4.98 Å². The molecule has 4 nitrogen and oxygen atoms in total. The van der Waals surface area contributed by atoms with Crippen molar-refractivity contribution >= 4 is 11.6 Å². The van der Waals surface area contributed by atoms with Crippen LogP contribution in [0.5, 0.6) is 11.6 Å². The number of nitrogens with zero attached hydrogens (tertiary/aromatic N) is 2. The van der Waals surface area contributed by atoms with E-state index in [4.69, 9.17) is 22.1 Å². The summed E-state index contributed by atoms with van der Waals surface area (Å²) in [5, 5.41) is 0.589. The van der Waals surface area contributed by atoms with E-state index in [2.05, 4.69) is 9.97 Å². The molecule has 0 unspecified atom stereocenters. The van der Waals surface area contributed by atoms with Crippen LogP contribution < -0.4 is 10.5 Å². The number of aryl methyl sites for hydroxylation is 1. The topological polar surface area (TPSA) is 61.0 Å². The summed E-state index contributed by atoms with van der Waals surface area (Å²) in [4.78, 5) is 8.18. The molecule has 0 fully saturated rings. The molecule has 17 heavy (non-hydrogen) atoms. The Kier molecular flexibility index (Phi) is 3.56. The molecule has 0 aliphatic rings. The molecule has 0 saturated carbocycles. The maximum Gasteiger partial charge on any atom is 0.240 e. The predicted molar refractivity (Wildman–Crippen MR) is 66.2 cm³/mol. The minimum absolute atomic E-state index is 0.406. The van der Waals surface area contributed by atoms with E-state index >= 15 is 0 Å². The van der Waals surface area contributed by atoms with Gasteiger partial charge in [0, 0.05) is 24.0 Å². The van der Waals surface area contributed by atoms with Crippen LogP contribution in [0.2, 0.25) is 5.02 Å². The van der Waals surface area contributed by atoms with Gasteiger partial charge >= 0.3 is 0 Å². The van der Waals surface area contributed by atoms with Crippen LogP contribution in [0.4, 0.5) is 0 Å². The number of halogens is 1. The van der Waals surface area contributed by atoms with Crippen molar-refractivity contribution in [2.24, 2.45) is 5.73 Å². The number of hydrogen-bond donors (Lipinski definition) is 1. The molecule has 1 aromatic heterocycles. The minimum Gasteiger partial charge on any atom is -0.437 e. The second-order valence-electron chi connectivity index (χ2n) is 3.51. The minimum atomic E-state index is 0.406.